The molecule has 1 aromatic rings. The first-order valence-electron chi connectivity index (χ1n) is 7.49. The number of rotatable bonds is 2. The van der Waals surface area contributed by atoms with Gasteiger partial charge in [0.15, 0.2) is 0 Å². The number of aryl methyl sites for hydroxylation is 1. The zero-order valence-corrected chi connectivity index (χ0v) is 13.5. The van der Waals surface area contributed by atoms with E-state index in [9.17, 15) is 9.59 Å². The number of nitrogens with zero attached hydrogens (tertiary/aromatic N) is 2. The molecule has 1 aromatic heterocycles. The number of ether oxygens (including phenoxy) is 1. The van der Waals surface area contributed by atoms with Crippen molar-refractivity contribution in [2.75, 3.05) is 11.9 Å². The van der Waals surface area contributed by atoms with Crippen LogP contribution in [0.3, 0.4) is 0 Å². The van der Waals surface area contributed by atoms with E-state index in [0.717, 1.165) is 12.0 Å². The number of hydrogen-bond acceptors (Lipinski definition) is 4. The molecule has 0 radical (unpaired) electrons. The fraction of sp³-hybridized carbons (Fsp3) is 0.562. The third-order valence-corrected chi connectivity index (χ3v) is 3.48. The second-order valence-corrected chi connectivity index (χ2v) is 6.51. The molecule has 1 aliphatic rings. The Kier molecular flexibility index (Phi) is 4.68. The Bertz CT molecular complexity index is 566. The van der Waals surface area contributed by atoms with Crippen LogP contribution in [0.25, 0.3) is 0 Å². The van der Waals surface area contributed by atoms with Crippen LogP contribution in [0.4, 0.5) is 10.5 Å². The molecule has 1 aliphatic heterocycles. The lowest BCUT2D eigenvalue weighted by Gasteiger charge is -2.28. The van der Waals surface area contributed by atoms with E-state index in [0.29, 0.717) is 18.7 Å². The molecule has 0 bridgehead atoms. The van der Waals surface area contributed by atoms with Crippen molar-refractivity contribution in [1.82, 2.24) is 9.88 Å². The molecule has 2 rings (SSSR count). The molecule has 1 unspecified atom stereocenters. The van der Waals surface area contributed by atoms with Gasteiger partial charge in [-0.3, -0.25) is 14.7 Å². The first-order chi connectivity index (χ1) is 10.3. The lowest BCUT2D eigenvalue weighted by Crippen LogP contribution is -2.45. The lowest BCUT2D eigenvalue weighted by atomic mass is 10.2. The number of carbonyl (C=O) groups excluding carboxylic acids is 2. The van der Waals surface area contributed by atoms with Crippen molar-refractivity contribution in [3.63, 3.8) is 0 Å². The summed E-state index contributed by atoms with van der Waals surface area (Å²) in [6.07, 6.45) is 4.29. The van der Waals surface area contributed by atoms with Crippen LogP contribution in [-0.2, 0) is 9.53 Å². The molecule has 22 heavy (non-hydrogen) atoms. The number of likely N-dealkylation sites (tertiary alicyclic amines) is 1. The Hall–Kier alpha value is -2.11. The Morgan fingerprint density at radius 1 is 1.41 bits per heavy atom. The molecule has 120 valence electrons. The van der Waals surface area contributed by atoms with Crippen LogP contribution >= 0.6 is 0 Å². The number of hydrogen-bond donors (Lipinski definition) is 1. The molecular formula is C16H23N3O3. The highest BCUT2D eigenvalue weighted by atomic mass is 16.6. The molecule has 0 aromatic carbocycles. The highest BCUT2D eigenvalue weighted by Crippen LogP contribution is 2.22. The molecule has 2 amide bonds. The largest absolute Gasteiger partial charge is 0.444 e. The van der Waals surface area contributed by atoms with Crippen molar-refractivity contribution in [2.24, 2.45) is 0 Å². The average Bonchev–Trinajstić information content (AvgIpc) is 2.89. The van der Waals surface area contributed by atoms with Crippen LogP contribution in [0, 0.1) is 6.92 Å². The summed E-state index contributed by atoms with van der Waals surface area (Å²) in [7, 11) is 0. The van der Waals surface area contributed by atoms with Crippen molar-refractivity contribution < 1.29 is 14.3 Å². The van der Waals surface area contributed by atoms with E-state index in [1.165, 1.54) is 4.90 Å². The van der Waals surface area contributed by atoms with Gasteiger partial charge in [0, 0.05) is 12.7 Å². The van der Waals surface area contributed by atoms with Gasteiger partial charge in [-0.2, -0.15) is 0 Å². The van der Waals surface area contributed by atoms with Crippen LogP contribution in [0.15, 0.2) is 18.5 Å². The number of anilines is 1. The van der Waals surface area contributed by atoms with E-state index in [-0.39, 0.29) is 5.91 Å². The molecule has 0 saturated carbocycles. The third kappa shape index (κ3) is 3.96. The zero-order chi connectivity index (χ0) is 16.3. The van der Waals surface area contributed by atoms with E-state index in [1.807, 2.05) is 33.8 Å². The molecule has 1 atom stereocenters. The van der Waals surface area contributed by atoms with Gasteiger partial charge >= 0.3 is 6.09 Å². The van der Waals surface area contributed by atoms with Gasteiger partial charge < -0.3 is 10.1 Å². The van der Waals surface area contributed by atoms with Crippen LogP contribution in [0.2, 0.25) is 0 Å². The van der Waals surface area contributed by atoms with Gasteiger partial charge in [-0.05, 0) is 52.2 Å². The van der Waals surface area contributed by atoms with Gasteiger partial charge in [-0.15, -0.1) is 0 Å². The fourth-order valence-corrected chi connectivity index (χ4v) is 2.39. The van der Waals surface area contributed by atoms with Crippen LogP contribution < -0.4 is 5.32 Å². The molecule has 0 spiro atoms. The predicted molar refractivity (Wildman–Crippen MR) is 83.6 cm³/mol. The van der Waals surface area contributed by atoms with Crippen LogP contribution in [0.1, 0.15) is 39.2 Å². The maximum absolute atomic E-state index is 12.5. The van der Waals surface area contributed by atoms with Crippen LogP contribution in [0.5, 0.6) is 0 Å². The summed E-state index contributed by atoms with van der Waals surface area (Å²) in [4.78, 5) is 30.2. The summed E-state index contributed by atoms with van der Waals surface area (Å²) in [5.41, 5.74) is 1.04. The number of aromatic nitrogens is 1. The van der Waals surface area contributed by atoms with Crippen LogP contribution in [-0.4, -0.2) is 40.1 Å². The summed E-state index contributed by atoms with van der Waals surface area (Å²) in [5, 5.41) is 2.85. The number of amides is 2. The minimum absolute atomic E-state index is 0.195. The average molecular weight is 305 g/mol. The number of pyridine rings is 1. The third-order valence-electron chi connectivity index (χ3n) is 3.48. The van der Waals surface area contributed by atoms with E-state index in [2.05, 4.69) is 10.3 Å². The predicted octanol–water partition coefficient (Wildman–Crippen LogP) is 2.73. The van der Waals surface area contributed by atoms with Crippen molar-refractivity contribution in [2.45, 2.75) is 52.2 Å². The molecule has 1 N–H and O–H groups in total. The summed E-state index contributed by atoms with van der Waals surface area (Å²) in [6.45, 7) is 7.88. The maximum Gasteiger partial charge on any atom is 0.410 e. The zero-order valence-electron chi connectivity index (χ0n) is 13.5. The molecule has 1 saturated heterocycles. The monoisotopic (exact) mass is 305 g/mol. The van der Waals surface area contributed by atoms with Crippen molar-refractivity contribution in [3.8, 4) is 0 Å². The van der Waals surface area contributed by atoms with E-state index in [1.54, 1.807) is 12.4 Å². The topological polar surface area (TPSA) is 71.5 Å². The number of carbonyl (C=O) groups is 2. The van der Waals surface area contributed by atoms with Gasteiger partial charge in [0.05, 0.1) is 11.9 Å². The van der Waals surface area contributed by atoms with Crippen molar-refractivity contribution >= 4 is 17.7 Å². The molecular weight excluding hydrogens is 282 g/mol. The fourth-order valence-electron chi connectivity index (χ4n) is 2.39. The maximum atomic E-state index is 12.5. The summed E-state index contributed by atoms with van der Waals surface area (Å²) < 4.78 is 5.37. The highest BCUT2D eigenvalue weighted by Gasteiger charge is 2.36. The molecule has 6 heteroatoms. The SMILES string of the molecule is Cc1ccncc1NC(=O)C1CCCN1C(=O)OC(C)(C)C. The first kappa shape index (κ1) is 16.3. The highest BCUT2D eigenvalue weighted by molar-refractivity contribution is 5.97. The summed E-state index contributed by atoms with van der Waals surface area (Å²) in [6, 6.07) is 1.34. The van der Waals surface area contributed by atoms with Gasteiger partial charge in [-0.25, -0.2) is 4.79 Å². The van der Waals surface area contributed by atoms with E-state index in [4.69, 9.17) is 4.74 Å². The minimum atomic E-state index is -0.569. The molecule has 1 fully saturated rings. The van der Waals surface area contributed by atoms with Crippen molar-refractivity contribution in [3.05, 3.63) is 24.0 Å². The van der Waals surface area contributed by atoms with Gasteiger partial charge in [0.1, 0.15) is 11.6 Å². The normalized spacial score (nSPS) is 18.2. The quantitative estimate of drug-likeness (QED) is 0.912. The van der Waals surface area contributed by atoms with Crippen molar-refractivity contribution in [1.29, 1.82) is 0 Å². The van der Waals surface area contributed by atoms with Gasteiger partial charge in [-0.1, -0.05) is 0 Å². The standard InChI is InChI=1S/C16H23N3O3/c1-11-7-8-17-10-12(11)18-14(20)13-6-5-9-19(13)15(21)22-16(2,3)4/h7-8,10,13H,5-6,9H2,1-4H3,(H,18,20). The Labute approximate surface area is 130 Å². The molecule has 6 nitrogen and oxygen atoms in total. The minimum Gasteiger partial charge on any atom is -0.444 e. The Morgan fingerprint density at radius 2 is 2.14 bits per heavy atom. The number of nitrogens with one attached hydrogen (secondary N) is 1. The van der Waals surface area contributed by atoms with E-state index >= 15 is 0 Å². The first-order valence-corrected chi connectivity index (χ1v) is 7.49. The summed E-state index contributed by atoms with van der Waals surface area (Å²) >= 11 is 0. The molecule has 2 heterocycles. The smallest absolute Gasteiger partial charge is 0.410 e. The molecule has 0 aliphatic carbocycles. The van der Waals surface area contributed by atoms with Gasteiger partial charge in [0.25, 0.3) is 0 Å². The summed E-state index contributed by atoms with van der Waals surface area (Å²) in [5.74, 6) is -0.195. The second kappa shape index (κ2) is 6.34. The Balaban J connectivity index is 2.05. The Morgan fingerprint density at radius 3 is 2.77 bits per heavy atom. The lowest BCUT2D eigenvalue weighted by molar-refractivity contribution is -0.120. The second-order valence-electron chi connectivity index (χ2n) is 6.51. The van der Waals surface area contributed by atoms with E-state index < -0.39 is 17.7 Å². The van der Waals surface area contributed by atoms with Gasteiger partial charge in [0.2, 0.25) is 5.91 Å².